The molecule has 0 radical (unpaired) electrons. The fourth-order valence-corrected chi connectivity index (χ4v) is 4.18. The summed E-state index contributed by atoms with van der Waals surface area (Å²) < 4.78 is 0. The lowest BCUT2D eigenvalue weighted by atomic mass is 9.97. The summed E-state index contributed by atoms with van der Waals surface area (Å²) in [5, 5.41) is 7.62. The summed E-state index contributed by atoms with van der Waals surface area (Å²) in [6.07, 6.45) is 0.731. The number of anilines is 1. The number of nitrogens with one attached hydrogen (secondary N) is 2. The van der Waals surface area contributed by atoms with Gasteiger partial charge in [-0.1, -0.05) is 60.5 Å². The van der Waals surface area contributed by atoms with Crippen LogP contribution in [0.25, 0.3) is 0 Å². The van der Waals surface area contributed by atoms with Gasteiger partial charge in [0.15, 0.2) is 0 Å². The summed E-state index contributed by atoms with van der Waals surface area (Å²) in [4.78, 5) is 41.9. The third-order valence-corrected chi connectivity index (χ3v) is 6.84. The zero-order chi connectivity index (χ0) is 25.6. The monoisotopic (exact) mass is 491 g/mol. The zero-order valence-corrected chi connectivity index (χ0v) is 21.7. The van der Waals surface area contributed by atoms with Crippen molar-refractivity contribution >= 4 is 34.7 Å². The molecule has 0 fully saturated rings. The molecule has 2 N–H and O–H groups in total. The standard InChI is InChI=1S/C28H33N3O3S/c1-6-28(4,5)30-27(34)25(21-13-9-19(2)10-14-21)31(22-15-11-20(3)12-16-22)24(32)18-29-26(33)23-8-7-17-35-23/h7-17,25H,6,18H2,1-5H3,(H,29,33)(H,30,34)/t25-/m0/s1. The molecule has 1 atom stereocenters. The minimum atomic E-state index is -0.907. The highest BCUT2D eigenvalue weighted by molar-refractivity contribution is 7.12. The van der Waals surface area contributed by atoms with Crippen molar-refractivity contribution < 1.29 is 14.4 Å². The van der Waals surface area contributed by atoms with E-state index in [1.807, 2.05) is 88.5 Å². The number of rotatable bonds is 9. The van der Waals surface area contributed by atoms with Crippen LogP contribution in [0.15, 0.2) is 66.0 Å². The number of carbonyl (C=O) groups is 3. The molecule has 3 amide bonds. The molecule has 2 aromatic carbocycles. The van der Waals surface area contributed by atoms with Gasteiger partial charge in [0, 0.05) is 11.2 Å². The SMILES string of the molecule is CCC(C)(C)NC(=O)[C@H](c1ccc(C)cc1)N(C(=O)CNC(=O)c1cccs1)c1ccc(C)cc1. The van der Waals surface area contributed by atoms with Crippen LogP contribution >= 0.6 is 11.3 Å². The summed E-state index contributed by atoms with van der Waals surface area (Å²) >= 11 is 1.31. The second kappa shape index (κ2) is 11.3. The van der Waals surface area contributed by atoms with E-state index in [9.17, 15) is 14.4 Å². The summed E-state index contributed by atoms with van der Waals surface area (Å²) in [5.74, 6) is -0.978. The van der Waals surface area contributed by atoms with E-state index in [-0.39, 0.29) is 24.3 Å². The first-order chi connectivity index (χ1) is 16.6. The lowest BCUT2D eigenvalue weighted by Crippen LogP contribution is -2.52. The molecule has 6 nitrogen and oxygen atoms in total. The first-order valence-electron chi connectivity index (χ1n) is 11.7. The van der Waals surface area contributed by atoms with E-state index in [2.05, 4.69) is 10.6 Å². The fourth-order valence-electron chi connectivity index (χ4n) is 3.54. The molecule has 1 heterocycles. The quantitative estimate of drug-likeness (QED) is 0.433. The summed E-state index contributed by atoms with van der Waals surface area (Å²) in [6, 6.07) is 17.6. The second-order valence-electron chi connectivity index (χ2n) is 9.30. The molecular formula is C28H33N3O3S. The molecule has 0 spiro atoms. The average Bonchev–Trinajstić information content (AvgIpc) is 3.37. The number of hydrogen-bond acceptors (Lipinski definition) is 4. The Morgan fingerprint density at radius 1 is 0.943 bits per heavy atom. The van der Waals surface area contributed by atoms with Gasteiger partial charge in [-0.3, -0.25) is 19.3 Å². The van der Waals surface area contributed by atoms with Crippen molar-refractivity contribution in [1.29, 1.82) is 0 Å². The van der Waals surface area contributed by atoms with Gasteiger partial charge in [0.05, 0.1) is 11.4 Å². The molecule has 0 aliphatic heterocycles. The summed E-state index contributed by atoms with van der Waals surface area (Å²) in [7, 11) is 0. The van der Waals surface area contributed by atoms with Crippen molar-refractivity contribution in [3.05, 3.63) is 87.6 Å². The van der Waals surface area contributed by atoms with E-state index >= 15 is 0 Å². The van der Waals surface area contributed by atoms with Gasteiger partial charge in [-0.2, -0.15) is 0 Å². The minimum absolute atomic E-state index is 0.239. The molecule has 0 unspecified atom stereocenters. The lowest BCUT2D eigenvalue weighted by molar-refractivity contribution is -0.127. The van der Waals surface area contributed by atoms with Crippen molar-refractivity contribution in [2.75, 3.05) is 11.4 Å². The Bertz CT molecular complexity index is 1150. The Morgan fingerprint density at radius 3 is 2.09 bits per heavy atom. The number of hydrogen-bond donors (Lipinski definition) is 2. The molecule has 184 valence electrons. The van der Waals surface area contributed by atoms with Crippen molar-refractivity contribution in [3.8, 4) is 0 Å². The van der Waals surface area contributed by atoms with Gasteiger partial charge in [0.1, 0.15) is 6.04 Å². The van der Waals surface area contributed by atoms with E-state index in [4.69, 9.17) is 0 Å². The molecule has 0 aliphatic rings. The maximum absolute atomic E-state index is 13.7. The number of nitrogens with zero attached hydrogens (tertiary/aromatic N) is 1. The number of amides is 3. The highest BCUT2D eigenvalue weighted by Gasteiger charge is 2.35. The van der Waals surface area contributed by atoms with E-state index in [1.165, 1.54) is 16.2 Å². The number of carbonyl (C=O) groups excluding carboxylic acids is 3. The maximum Gasteiger partial charge on any atom is 0.261 e. The van der Waals surface area contributed by atoms with Gasteiger partial charge in [-0.25, -0.2) is 0 Å². The predicted octanol–water partition coefficient (Wildman–Crippen LogP) is 5.17. The van der Waals surface area contributed by atoms with Crippen LogP contribution < -0.4 is 15.5 Å². The minimum Gasteiger partial charge on any atom is -0.349 e. The largest absolute Gasteiger partial charge is 0.349 e. The second-order valence-corrected chi connectivity index (χ2v) is 10.2. The van der Waals surface area contributed by atoms with Crippen LogP contribution in [0, 0.1) is 13.8 Å². The third kappa shape index (κ3) is 6.79. The van der Waals surface area contributed by atoms with Gasteiger partial charge < -0.3 is 10.6 Å². The van der Waals surface area contributed by atoms with Crippen LogP contribution in [0.1, 0.15) is 59.6 Å². The lowest BCUT2D eigenvalue weighted by Gasteiger charge is -2.34. The van der Waals surface area contributed by atoms with E-state index in [0.717, 1.165) is 17.5 Å². The highest BCUT2D eigenvalue weighted by atomic mass is 32.1. The molecule has 1 aromatic heterocycles. The number of aryl methyl sites for hydroxylation is 2. The normalized spacial score (nSPS) is 12.0. The average molecular weight is 492 g/mol. The first-order valence-corrected chi connectivity index (χ1v) is 12.6. The van der Waals surface area contributed by atoms with Crippen LogP contribution in [-0.4, -0.2) is 29.8 Å². The Hall–Kier alpha value is -3.45. The van der Waals surface area contributed by atoms with E-state index in [1.54, 1.807) is 12.1 Å². The maximum atomic E-state index is 13.7. The van der Waals surface area contributed by atoms with Crippen molar-refractivity contribution in [2.24, 2.45) is 0 Å². The molecule has 7 heteroatoms. The molecule has 35 heavy (non-hydrogen) atoms. The molecule has 3 rings (SSSR count). The van der Waals surface area contributed by atoms with E-state index in [0.29, 0.717) is 16.1 Å². The Morgan fingerprint density at radius 2 is 1.54 bits per heavy atom. The molecule has 0 saturated carbocycles. The van der Waals surface area contributed by atoms with Gasteiger partial charge in [-0.05, 0) is 63.3 Å². The number of benzene rings is 2. The Kier molecular flexibility index (Phi) is 8.46. The molecule has 3 aromatic rings. The van der Waals surface area contributed by atoms with Crippen LogP contribution in [0.4, 0.5) is 5.69 Å². The van der Waals surface area contributed by atoms with Crippen molar-refractivity contribution in [1.82, 2.24) is 10.6 Å². The highest BCUT2D eigenvalue weighted by Crippen LogP contribution is 2.29. The Balaban J connectivity index is 2.01. The molecule has 0 aliphatic carbocycles. The molecule has 0 saturated heterocycles. The predicted molar refractivity (Wildman–Crippen MR) is 142 cm³/mol. The topological polar surface area (TPSA) is 78.5 Å². The smallest absolute Gasteiger partial charge is 0.261 e. The molecular weight excluding hydrogens is 458 g/mol. The Labute approximate surface area is 211 Å². The van der Waals surface area contributed by atoms with Crippen LogP contribution in [0.2, 0.25) is 0 Å². The van der Waals surface area contributed by atoms with Crippen LogP contribution in [0.3, 0.4) is 0 Å². The summed E-state index contributed by atoms with van der Waals surface area (Å²) in [5.41, 5.74) is 2.92. The van der Waals surface area contributed by atoms with Gasteiger partial charge in [0.2, 0.25) is 11.8 Å². The van der Waals surface area contributed by atoms with E-state index < -0.39 is 11.6 Å². The molecule has 0 bridgehead atoms. The third-order valence-electron chi connectivity index (χ3n) is 5.97. The first kappa shape index (κ1) is 26.2. The van der Waals surface area contributed by atoms with Crippen LogP contribution in [-0.2, 0) is 9.59 Å². The van der Waals surface area contributed by atoms with Gasteiger partial charge in [-0.15, -0.1) is 11.3 Å². The fraction of sp³-hybridized carbons (Fsp3) is 0.321. The number of thiophene rings is 1. The van der Waals surface area contributed by atoms with Crippen LogP contribution in [0.5, 0.6) is 0 Å². The van der Waals surface area contributed by atoms with Gasteiger partial charge >= 0.3 is 0 Å². The van der Waals surface area contributed by atoms with Gasteiger partial charge in [0.25, 0.3) is 5.91 Å². The van der Waals surface area contributed by atoms with Crippen molar-refractivity contribution in [3.63, 3.8) is 0 Å². The van der Waals surface area contributed by atoms with Crippen molar-refractivity contribution in [2.45, 2.75) is 52.6 Å². The zero-order valence-electron chi connectivity index (χ0n) is 20.9. The summed E-state index contributed by atoms with van der Waals surface area (Å²) in [6.45, 7) is 9.61.